The molecule has 2 aromatic heterocycles. The number of fused-ring (bicyclic) bond motifs is 7. The molecule has 4 aromatic carbocycles. The van der Waals surface area contributed by atoms with Gasteiger partial charge >= 0.3 is 5.97 Å². The highest BCUT2D eigenvalue weighted by atomic mass is 16.5. The van der Waals surface area contributed by atoms with Gasteiger partial charge in [0.1, 0.15) is 11.2 Å². The van der Waals surface area contributed by atoms with Gasteiger partial charge in [-0.1, -0.05) is 62.6 Å². The number of benzene rings is 4. The predicted octanol–water partition coefficient (Wildman–Crippen LogP) is 8.89. The fourth-order valence-corrected chi connectivity index (χ4v) is 4.78. The summed E-state index contributed by atoms with van der Waals surface area (Å²) in [4.78, 5) is 12.5. The van der Waals surface area contributed by atoms with Crippen molar-refractivity contribution in [2.24, 2.45) is 0 Å². The van der Waals surface area contributed by atoms with E-state index < -0.39 is 0 Å². The zero-order chi connectivity index (χ0) is 23.8. The topological polar surface area (TPSA) is 52.6 Å². The van der Waals surface area contributed by atoms with Crippen molar-refractivity contribution in [2.75, 3.05) is 6.61 Å². The second-order valence-electron chi connectivity index (χ2n) is 9.01. The molecule has 0 spiro atoms. The fraction of sp³-hybridized carbons (Fsp3) is 0.194. The van der Waals surface area contributed by atoms with Gasteiger partial charge in [-0.25, -0.2) is 4.79 Å². The summed E-state index contributed by atoms with van der Waals surface area (Å²) < 4.78 is 18.0. The van der Waals surface area contributed by atoms with Crippen molar-refractivity contribution in [3.63, 3.8) is 0 Å². The first-order chi connectivity index (χ1) is 17.2. The summed E-state index contributed by atoms with van der Waals surface area (Å²) in [7, 11) is 0. The maximum atomic E-state index is 12.5. The van der Waals surface area contributed by atoms with Gasteiger partial charge in [0, 0.05) is 21.5 Å². The largest absolute Gasteiger partial charge is 0.462 e. The van der Waals surface area contributed by atoms with Crippen LogP contribution in [0.5, 0.6) is 0 Å². The lowest BCUT2D eigenvalue weighted by Gasteiger charge is -2.04. The monoisotopic (exact) mass is 462 g/mol. The average molecular weight is 463 g/mol. The molecule has 4 heteroatoms. The van der Waals surface area contributed by atoms with Crippen molar-refractivity contribution in [1.82, 2.24) is 0 Å². The molecule has 0 atom stereocenters. The van der Waals surface area contributed by atoms with Crippen molar-refractivity contribution in [3.8, 4) is 11.1 Å². The van der Waals surface area contributed by atoms with Crippen LogP contribution < -0.4 is 0 Å². The van der Waals surface area contributed by atoms with E-state index in [1.165, 1.54) is 0 Å². The van der Waals surface area contributed by atoms with E-state index in [9.17, 15) is 4.79 Å². The third-order valence-electron chi connectivity index (χ3n) is 6.65. The van der Waals surface area contributed by atoms with Gasteiger partial charge in [0.05, 0.1) is 12.2 Å². The van der Waals surface area contributed by atoms with Crippen LogP contribution in [-0.2, 0) is 4.74 Å². The van der Waals surface area contributed by atoms with E-state index in [1.807, 2.05) is 24.3 Å². The lowest BCUT2D eigenvalue weighted by Crippen LogP contribution is -2.06. The highest BCUT2D eigenvalue weighted by Gasteiger charge is 2.18. The van der Waals surface area contributed by atoms with Crippen LogP contribution in [0.2, 0.25) is 0 Å². The zero-order valence-corrected chi connectivity index (χ0v) is 19.7. The van der Waals surface area contributed by atoms with Crippen LogP contribution >= 0.6 is 0 Å². The number of unbranched alkanes of at least 4 members (excludes halogenated alkanes) is 3. The summed E-state index contributed by atoms with van der Waals surface area (Å²) in [5, 5.41) is 3.98. The molecule has 6 rings (SSSR count). The van der Waals surface area contributed by atoms with Gasteiger partial charge < -0.3 is 13.6 Å². The zero-order valence-electron chi connectivity index (χ0n) is 19.7. The van der Waals surface area contributed by atoms with Gasteiger partial charge in [-0.3, -0.25) is 0 Å². The Morgan fingerprint density at radius 2 is 1.34 bits per heavy atom. The first-order valence-corrected chi connectivity index (χ1v) is 12.3. The van der Waals surface area contributed by atoms with Crippen molar-refractivity contribution in [1.29, 1.82) is 0 Å². The molecule has 0 N–H and O–H groups in total. The van der Waals surface area contributed by atoms with Crippen LogP contribution in [0.25, 0.3) is 55.0 Å². The molecule has 0 aliphatic heterocycles. The summed E-state index contributed by atoms with van der Waals surface area (Å²) in [6, 6.07) is 26.2. The lowest BCUT2D eigenvalue weighted by molar-refractivity contribution is 0.0498. The molecule has 35 heavy (non-hydrogen) atoms. The smallest absolute Gasteiger partial charge is 0.338 e. The Morgan fingerprint density at radius 3 is 2.06 bits per heavy atom. The highest BCUT2D eigenvalue weighted by Crippen LogP contribution is 2.39. The highest BCUT2D eigenvalue weighted by molar-refractivity contribution is 6.19. The molecule has 0 amide bonds. The van der Waals surface area contributed by atoms with Gasteiger partial charge in [-0.2, -0.15) is 0 Å². The van der Waals surface area contributed by atoms with E-state index in [0.717, 1.165) is 69.5 Å². The number of hydrogen-bond acceptors (Lipinski definition) is 4. The van der Waals surface area contributed by atoms with Crippen molar-refractivity contribution in [3.05, 3.63) is 84.4 Å². The van der Waals surface area contributed by atoms with E-state index >= 15 is 0 Å². The van der Waals surface area contributed by atoms with Gasteiger partial charge in [-0.15, -0.1) is 0 Å². The Balaban J connectivity index is 1.38. The summed E-state index contributed by atoms with van der Waals surface area (Å²) >= 11 is 0. The van der Waals surface area contributed by atoms with E-state index in [1.54, 1.807) is 12.1 Å². The SMILES string of the molecule is CCCCCCOC(=O)c1ccc2c(c1)oc1c2ccc2c3ccc(-c4ccccc4)cc3oc21. The molecule has 6 aromatic rings. The first-order valence-electron chi connectivity index (χ1n) is 12.3. The molecule has 0 saturated carbocycles. The van der Waals surface area contributed by atoms with Crippen molar-refractivity contribution in [2.45, 2.75) is 32.6 Å². The van der Waals surface area contributed by atoms with Crippen LogP contribution in [0.1, 0.15) is 43.0 Å². The molecule has 0 unspecified atom stereocenters. The molecule has 0 bridgehead atoms. The van der Waals surface area contributed by atoms with Crippen LogP contribution in [0, 0.1) is 0 Å². The van der Waals surface area contributed by atoms with Gasteiger partial charge in [0.2, 0.25) is 0 Å². The minimum absolute atomic E-state index is 0.314. The van der Waals surface area contributed by atoms with E-state index in [4.69, 9.17) is 13.6 Å². The molecule has 0 aliphatic carbocycles. The fourth-order valence-electron chi connectivity index (χ4n) is 4.78. The average Bonchev–Trinajstić information content (AvgIpc) is 3.46. The summed E-state index contributed by atoms with van der Waals surface area (Å²) in [6.45, 7) is 2.61. The number of esters is 1. The normalized spacial score (nSPS) is 11.7. The first kappa shape index (κ1) is 21.5. The van der Waals surface area contributed by atoms with Crippen LogP contribution in [0.3, 0.4) is 0 Å². The molecule has 0 saturated heterocycles. The third-order valence-corrected chi connectivity index (χ3v) is 6.65. The van der Waals surface area contributed by atoms with Gasteiger partial charge in [-0.05, 0) is 60.0 Å². The Bertz CT molecular complexity index is 1670. The Hall–Kier alpha value is -4.05. The molecule has 0 aliphatic rings. The molecule has 174 valence electrons. The maximum absolute atomic E-state index is 12.5. The lowest BCUT2D eigenvalue weighted by atomic mass is 10.0. The maximum Gasteiger partial charge on any atom is 0.338 e. The summed E-state index contributed by atoms with van der Waals surface area (Å²) in [5.41, 5.74) is 5.64. The van der Waals surface area contributed by atoms with Crippen LogP contribution in [0.15, 0.2) is 87.7 Å². The van der Waals surface area contributed by atoms with E-state index in [2.05, 4.69) is 49.4 Å². The number of furan rings is 2. The van der Waals surface area contributed by atoms with Crippen molar-refractivity contribution < 1.29 is 18.4 Å². The number of ether oxygens (including phenoxy) is 1. The molecule has 4 nitrogen and oxygen atoms in total. The molecule has 0 fully saturated rings. The Morgan fingerprint density at radius 1 is 0.686 bits per heavy atom. The number of carbonyl (C=O) groups excluding carboxylic acids is 1. The molecular formula is C31H26O4. The van der Waals surface area contributed by atoms with Crippen molar-refractivity contribution >= 4 is 49.8 Å². The Kier molecular flexibility index (Phi) is 5.49. The van der Waals surface area contributed by atoms with E-state index in [0.29, 0.717) is 23.3 Å². The van der Waals surface area contributed by atoms with Gasteiger partial charge in [0.15, 0.2) is 11.2 Å². The summed E-state index contributed by atoms with van der Waals surface area (Å²) in [5.74, 6) is -0.314. The minimum atomic E-state index is -0.314. The number of hydrogen-bond donors (Lipinski definition) is 0. The quantitative estimate of drug-likeness (QED) is 0.176. The molecule has 0 radical (unpaired) electrons. The second kappa shape index (κ2) is 8.95. The molecular weight excluding hydrogens is 436 g/mol. The minimum Gasteiger partial charge on any atom is -0.462 e. The number of rotatable bonds is 7. The van der Waals surface area contributed by atoms with Gasteiger partial charge in [0.25, 0.3) is 0 Å². The number of carbonyl (C=O) groups is 1. The Labute approximate surface area is 203 Å². The summed E-state index contributed by atoms with van der Waals surface area (Å²) in [6.07, 6.45) is 4.28. The standard InChI is InChI=1S/C31H26O4/c1-2-3-4-8-17-33-31(32)22-12-14-24-26-16-15-25-23-13-11-21(20-9-6-5-7-10-20)18-27(23)34-29(25)30(26)35-28(24)19-22/h5-7,9-16,18-19H,2-4,8,17H2,1H3. The predicted molar refractivity (Wildman–Crippen MR) is 141 cm³/mol. The third kappa shape index (κ3) is 3.85. The second-order valence-corrected chi connectivity index (χ2v) is 9.01. The van der Waals surface area contributed by atoms with Crippen LogP contribution in [0.4, 0.5) is 0 Å². The van der Waals surface area contributed by atoms with E-state index in [-0.39, 0.29) is 5.97 Å². The van der Waals surface area contributed by atoms with Crippen LogP contribution in [-0.4, -0.2) is 12.6 Å². The molecule has 2 heterocycles.